The van der Waals surface area contributed by atoms with Gasteiger partial charge in [0.05, 0.1) is 5.69 Å². The van der Waals surface area contributed by atoms with Gasteiger partial charge in [0, 0.05) is 18.5 Å². The molecule has 1 heterocycles. The number of fused-ring (bicyclic) bond motifs is 1. The van der Waals surface area contributed by atoms with Crippen LogP contribution in [0.4, 0.5) is 11.4 Å². The van der Waals surface area contributed by atoms with Crippen LogP contribution in [-0.4, -0.2) is 32.1 Å². The van der Waals surface area contributed by atoms with Crippen LogP contribution in [0.15, 0.2) is 33.5 Å². The van der Waals surface area contributed by atoms with Gasteiger partial charge < -0.3 is 20.4 Å². The SMILES string of the molecule is CN(C)CCNc1c(N)c(=O)oc2ccccc12. The Kier molecular flexibility index (Phi) is 3.53. The van der Waals surface area contributed by atoms with Gasteiger partial charge in [-0.3, -0.25) is 0 Å². The average Bonchev–Trinajstić information content (AvgIpc) is 2.33. The van der Waals surface area contributed by atoms with E-state index in [0.29, 0.717) is 17.8 Å². The molecule has 0 atom stereocenters. The van der Waals surface area contributed by atoms with E-state index in [4.69, 9.17) is 10.2 Å². The Morgan fingerprint density at radius 3 is 2.78 bits per heavy atom. The summed E-state index contributed by atoms with van der Waals surface area (Å²) >= 11 is 0. The molecule has 5 heteroatoms. The van der Waals surface area contributed by atoms with Crippen LogP contribution in [0.2, 0.25) is 0 Å². The Morgan fingerprint density at radius 1 is 1.33 bits per heavy atom. The van der Waals surface area contributed by atoms with Crippen molar-refractivity contribution >= 4 is 22.3 Å². The van der Waals surface area contributed by atoms with Crippen LogP contribution in [0.1, 0.15) is 0 Å². The highest BCUT2D eigenvalue weighted by Crippen LogP contribution is 2.26. The summed E-state index contributed by atoms with van der Waals surface area (Å²) in [6.07, 6.45) is 0. The van der Waals surface area contributed by atoms with Gasteiger partial charge in [-0.25, -0.2) is 4.79 Å². The minimum atomic E-state index is -0.499. The molecule has 0 aliphatic rings. The number of nitrogens with one attached hydrogen (secondary N) is 1. The van der Waals surface area contributed by atoms with Crippen LogP contribution in [0, 0.1) is 0 Å². The molecule has 0 radical (unpaired) electrons. The van der Waals surface area contributed by atoms with Crippen molar-refractivity contribution < 1.29 is 4.42 Å². The lowest BCUT2D eigenvalue weighted by Gasteiger charge is -2.13. The zero-order valence-electron chi connectivity index (χ0n) is 10.6. The monoisotopic (exact) mass is 247 g/mol. The molecule has 0 saturated carbocycles. The molecule has 0 amide bonds. The van der Waals surface area contributed by atoms with Gasteiger partial charge in [0.1, 0.15) is 11.3 Å². The summed E-state index contributed by atoms with van der Waals surface area (Å²) in [5.74, 6) is 0. The molecule has 5 nitrogen and oxygen atoms in total. The Labute approximate surface area is 105 Å². The largest absolute Gasteiger partial charge is 0.421 e. The Morgan fingerprint density at radius 2 is 2.06 bits per heavy atom. The molecule has 3 N–H and O–H groups in total. The molecule has 0 saturated heterocycles. The number of nitrogens with zero attached hydrogens (tertiary/aromatic N) is 1. The lowest BCUT2D eigenvalue weighted by molar-refractivity contribution is 0.425. The molecule has 0 bridgehead atoms. The minimum absolute atomic E-state index is 0.132. The Hall–Kier alpha value is -2.01. The van der Waals surface area contributed by atoms with E-state index in [2.05, 4.69) is 10.2 Å². The highest BCUT2D eigenvalue weighted by atomic mass is 16.4. The van der Waals surface area contributed by atoms with Crippen molar-refractivity contribution in [2.75, 3.05) is 38.2 Å². The molecular formula is C13H17N3O2. The molecule has 0 aliphatic heterocycles. The van der Waals surface area contributed by atoms with Crippen LogP contribution < -0.4 is 16.7 Å². The van der Waals surface area contributed by atoms with Gasteiger partial charge in [0.2, 0.25) is 0 Å². The molecule has 1 aromatic heterocycles. The quantitative estimate of drug-likeness (QED) is 0.798. The first-order chi connectivity index (χ1) is 8.59. The van der Waals surface area contributed by atoms with Crippen molar-refractivity contribution in [3.05, 3.63) is 34.7 Å². The van der Waals surface area contributed by atoms with Crippen molar-refractivity contribution in [1.29, 1.82) is 0 Å². The summed E-state index contributed by atoms with van der Waals surface area (Å²) in [6, 6.07) is 7.35. The lowest BCUT2D eigenvalue weighted by Crippen LogP contribution is -2.22. The van der Waals surface area contributed by atoms with Gasteiger partial charge in [-0.15, -0.1) is 0 Å². The molecule has 96 valence electrons. The topological polar surface area (TPSA) is 71.5 Å². The third-order valence-electron chi connectivity index (χ3n) is 2.71. The van der Waals surface area contributed by atoms with Gasteiger partial charge in [0.25, 0.3) is 0 Å². The highest BCUT2D eigenvalue weighted by molar-refractivity contribution is 5.95. The lowest BCUT2D eigenvalue weighted by atomic mass is 10.2. The highest BCUT2D eigenvalue weighted by Gasteiger charge is 2.10. The van der Waals surface area contributed by atoms with Crippen molar-refractivity contribution in [3.63, 3.8) is 0 Å². The Balaban J connectivity index is 2.40. The van der Waals surface area contributed by atoms with Crippen LogP contribution in [0.5, 0.6) is 0 Å². The summed E-state index contributed by atoms with van der Waals surface area (Å²) in [5.41, 5.74) is 6.62. The number of likely N-dealkylation sites (N-methyl/N-ethyl adjacent to an activating group) is 1. The predicted molar refractivity (Wildman–Crippen MR) is 73.9 cm³/mol. The fourth-order valence-corrected chi connectivity index (χ4v) is 1.76. The van der Waals surface area contributed by atoms with Crippen molar-refractivity contribution in [2.45, 2.75) is 0 Å². The second kappa shape index (κ2) is 5.10. The summed E-state index contributed by atoms with van der Waals surface area (Å²) < 4.78 is 5.13. The van der Waals surface area contributed by atoms with Crippen molar-refractivity contribution in [1.82, 2.24) is 4.90 Å². The maximum Gasteiger partial charge on any atom is 0.361 e. The molecule has 2 rings (SSSR count). The fraction of sp³-hybridized carbons (Fsp3) is 0.308. The summed E-state index contributed by atoms with van der Waals surface area (Å²) in [7, 11) is 3.98. The maximum absolute atomic E-state index is 11.6. The maximum atomic E-state index is 11.6. The van der Waals surface area contributed by atoms with Gasteiger partial charge in [-0.05, 0) is 26.2 Å². The van der Waals surface area contributed by atoms with Crippen molar-refractivity contribution in [3.8, 4) is 0 Å². The third kappa shape index (κ3) is 2.46. The molecule has 1 aromatic carbocycles. The van der Waals surface area contributed by atoms with E-state index in [1.54, 1.807) is 6.07 Å². The molecule has 0 unspecified atom stereocenters. The van der Waals surface area contributed by atoms with Crippen LogP contribution >= 0.6 is 0 Å². The number of anilines is 2. The summed E-state index contributed by atoms with van der Waals surface area (Å²) in [5, 5.41) is 4.03. The number of nitrogen functional groups attached to an aromatic ring is 1. The number of hydrogen-bond acceptors (Lipinski definition) is 5. The van der Waals surface area contributed by atoms with Crippen LogP contribution in [0.25, 0.3) is 11.0 Å². The Bertz CT molecular complexity index is 605. The first-order valence-corrected chi connectivity index (χ1v) is 5.79. The van der Waals surface area contributed by atoms with E-state index in [1.165, 1.54) is 0 Å². The predicted octanol–water partition coefficient (Wildman–Crippen LogP) is 1.35. The van der Waals surface area contributed by atoms with Gasteiger partial charge in [-0.2, -0.15) is 0 Å². The van der Waals surface area contributed by atoms with Crippen LogP contribution in [-0.2, 0) is 0 Å². The average molecular weight is 247 g/mol. The standard InChI is InChI=1S/C13H17N3O2/c1-16(2)8-7-15-12-9-5-3-4-6-10(9)18-13(17)11(12)14/h3-6,15H,7-8,14H2,1-2H3. The smallest absolute Gasteiger partial charge is 0.361 e. The molecule has 0 fully saturated rings. The molecule has 0 spiro atoms. The first-order valence-electron chi connectivity index (χ1n) is 5.79. The molecule has 0 aliphatic carbocycles. The normalized spacial score (nSPS) is 11.1. The minimum Gasteiger partial charge on any atom is -0.421 e. The van der Waals surface area contributed by atoms with Gasteiger partial charge in [0.15, 0.2) is 0 Å². The summed E-state index contributed by atoms with van der Waals surface area (Å²) in [6.45, 7) is 1.57. The van der Waals surface area contributed by atoms with Gasteiger partial charge in [-0.1, -0.05) is 12.1 Å². The summed E-state index contributed by atoms with van der Waals surface area (Å²) in [4.78, 5) is 13.7. The second-order valence-electron chi connectivity index (χ2n) is 4.40. The third-order valence-corrected chi connectivity index (χ3v) is 2.71. The fourth-order valence-electron chi connectivity index (χ4n) is 1.76. The van der Waals surface area contributed by atoms with Crippen LogP contribution in [0.3, 0.4) is 0 Å². The number of benzene rings is 1. The number of nitrogens with two attached hydrogens (primary N) is 1. The van der Waals surface area contributed by atoms with E-state index < -0.39 is 5.63 Å². The van der Waals surface area contributed by atoms with E-state index >= 15 is 0 Å². The van der Waals surface area contributed by atoms with E-state index in [-0.39, 0.29) is 5.69 Å². The first kappa shape index (κ1) is 12.4. The zero-order valence-corrected chi connectivity index (χ0v) is 10.6. The second-order valence-corrected chi connectivity index (χ2v) is 4.40. The van der Waals surface area contributed by atoms with Crippen molar-refractivity contribution in [2.24, 2.45) is 0 Å². The number of hydrogen-bond donors (Lipinski definition) is 2. The number of rotatable bonds is 4. The van der Waals surface area contributed by atoms with E-state index in [0.717, 1.165) is 11.9 Å². The van der Waals surface area contributed by atoms with Gasteiger partial charge >= 0.3 is 5.63 Å². The van der Waals surface area contributed by atoms with E-state index in [1.807, 2.05) is 32.3 Å². The molecular weight excluding hydrogens is 230 g/mol. The molecule has 18 heavy (non-hydrogen) atoms. The van der Waals surface area contributed by atoms with E-state index in [9.17, 15) is 4.79 Å². The zero-order chi connectivity index (χ0) is 13.1. The molecule has 2 aromatic rings. The number of para-hydroxylation sites is 1.